The fourth-order valence-electron chi connectivity index (χ4n) is 1.98. The molecule has 1 unspecified atom stereocenters. The Kier molecular flexibility index (Phi) is 2.54. The van der Waals surface area contributed by atoms with Crippen LogP contribution in [0.3, 0.4) is 0 Å². The summed E-state index contributed by atoms with van der Waals surface area (Å²) in [7, 11) is 0. The van der Waals surface area contributed by atoms with Gasteiger partial charge in [-0.1, -0.05) is 30.3 Å². The smallest absolute Gasteiger partial charge is 0.0418 e. The molecule has 0 spiro atoms. The van der Waals surface area contributed by atoms with E-state index in [1.807, 2.05) is 17.4 Å². The predicted octanol–water partition coefficient (Wildman–Crippen LogP) is 3.82. The molecule has 1 heterocycles. The van der Waals surface area contributed by atoms with Gasteiger partial charge in [-0.25, -0.2) is 0 Å². The van der Waals surface area contributed by atoms with Crippen molar-refractivity contribution in [2.24, 2.45) is 11.7 Å². The summed E-state index contributed by atoms with van der Waals surface area (Å²) in [6.45, 7) is 0. The number of hydrogen-bond donors (Lipinski definition) is 1. The molecular weight excluding hydrogens is 214 g/mol. The van der Waals surface area contributed by atoms with Crippen LogP contribution in [-0.2, 0) is 0 Å². The highest BCUT2D eigenvalue weighted by atomic mass is 32.1. The van der Waals surface area contributed by atoms with Crippen LogP contribution in [-0.4, -0.2) is 0 Å². The van der Waals surface area contributed by atoms with E-state index in [0.717, 1.165) is 5.92 Å². The van der Waals surface area contributed by atoms with Crippen molar-refractivity contribution in [3.63, 3.8) is 0 Å². The van der Waals surface area contributed by atoms with Gasteiger partial charge in [-0.15, -0.1) is 11.3 Å². The first-order chi connectivity index (χ1) is 7.84. The first-order valence-corrected chi connectivity index (χ1v) is 6.57. The second-order valence-electron chi connectivity index (χ2n) is 4.43. The molecule has 1 aliphatic rings. The molecule has 0 aliphatic heterocycles. The van der Waals surface area contributed by atoms with E-state index in [1.54, 1.807) is 0 Å². The normalized spacial score (nSPS) is 17.3. The molecule has 3 rings (SSSR count). The van der Waals surface area contributed by atoms with Crippen LogP contribution in [0.15, 0.2) is 42.5 Å². The molecule has 1 saturated carbocycles. The first-order valence-electron chi connectivity index (χ1n) is 5.75. The molecule has 82 valence electrons. The summed E-state index contributed by atoms with van der Waals surface area (Å²) in [4.78, 5) is 2.66. The number of benzene rings is 1. The van der Waals surface area contributed by atoms with Crippen molar-refractivity contribution in [3.8, 4) is 10.4 Å². The Balaban J connectivity index is 1.87. The van der Waals surface area contributed by atoms with Gasteiger partial charge in [0.2, 0.25) is 0 Å². The van der Waals surface area contributed by atoms with Crippen LogP contribution in [0, 0.1) is 5.92 Å². The summed E-state index contributed by atoms with van der Waals surface area (Å²) in [5.41, 5.74) is 7.50. The Labute approximate surface area is 99.9 Å². The van der Waals surface area contributed by atoms with Crippen molar-refractivity contribution in [3.05, 3.63) is 47.3 Å². The van der Waals surface area contributed by atoms with Gasteiger partial charge in [-0.2, -0.15) is 0 Å². The van der Waals surface area contributed by atoms with Crippen LogP contribution in [0.5, 0.6) is 0 Å². The Morgan fingerprint density at radius 1 is 1.06 bits per heavy atom. The van der Waals surface area contributed by atoms with Crippen molar-refractivity contribution in [2.75, 3.05) is 0 Å². The molecule has 1 fully saturated rings. The van der Waals surface area contributed by atoms with Crippen molar-refractivity contribution >= 4 is 11.3 Å². The molecule has 0 amide bonds. The van der Waals surface area contributed by atoms with E-state index >= 15 is 0 Å². The number of hydrogen-bond acceptors (Lipinski definition) is 2. The third-order valence-electron chi connectivity index (χ3n) is 3.14. The summed E-state index contributed by atoms with van der Waals surface area (Å²) in [6.07, 6.45) is 2.61. The van der Waals surface area contributed by atoms with E-state index in [0.29, 0.717) is 0 Å². The van der Waals surface area contributed by atoms with Gasteiger partial charge in [-0.3, -0.25) is 0 Å². The van der Waals surface area contributed by atoms with Crippen LogP contribution in [0.25, 0.3) is 10.4 Å². The summed E-state index contributed by atoms with van der Waals surface area (Å²) >= 11 is 1.84. The Morgan fingerprint density at radius 2 is 1.81 bits per heavy atom. The van der Waals surface area contributed by atoms with E-state index in [4.69, 9.17) is 5.73 Å². The maximum Gasteiger partial charge on any atom is 0.0418 e. The fourth-order valence-corrected chi connectivity index (χ4v) is 3.09. The molecule has 1 atom stereocenters. The summed E-state index contributed by atoms with van der Waals surface area (Å²) in [5.74, 6) is 0.738. The Hall–Kier alpha value is -1.12. The minimum atomic E-state index is 0.266. The van der Waals surface area contributed by atoms with Gasteiger partial charge >= 0.3 is 0 Å². The van der Waals surface area contributed by atoms with Crippen molar-refractivity contribution in [1.82, 2.24) is 0 Å². The van der Waals surface area contributed by atoms with Gasteiger partial charge in [-0.05, 0) is 36.5 Å². The molecule has 16 heavy (non-hydrogen) atoms. The van der Waals surface area contributed by atoms with Gasteiger partial charge in [0, 0.05) is 15.8 Å². The Morgan fingerprint density at radius 3 is 2.50 bits per heavy atom. The SMILES string of the molecule is NC(c1ccc(-c2ccccc2)s1)C1CC1. The zero-order valence-corrected chi connectivity index (χ0v) is 9.91. The van der Waals surface area contributed by atoms with E-state index < -0.39 is 0 Å². The third kappa shape index (κ3) is 1.91. The van der Waals surface area contributed by atoms with Gasteiger partial charge in [0.05, 0.1) is 0 Å². The molecule has 2 aromatic rings. The maximum atomic E-state index is 6.20. The average molecular weight is 229 g/mol. The van der Waals surface area contributed by atoms with Crippen molar-refractivity contribution in [2.45, 2.75) is 18.9 Å². The topological polar surface area (TPSA) is 26.0 Å². The van der Waals surface area contributed by atoms with Crippen LogP contribution in [0.1, 0.15) is 23.8 Å². The molecule has 1 aromatic heterocycles. The van der Waals surface area contributed by atoms with E-state index in [1.165, 1.54) is 28.2 Å². The molecule has 1 aromatic carbocycles. The lowest BCUT2D eigenvalue weighted by Gasteiger charge is -2.06. The van der Waals surface area contributed by atoms with Crippen LogP contribution >= 0.6 is 11.3 Å². The fraction of sp³-hybridized carbons (Fsp3) is 0.286. The molecule has 2 N–H and O–H groups in total. The highest BCUT2D eigenvalue weighted by Gasteiger charge is 2.30. The van der Waals surface area contributed by atoms with Crippen LogP contribution in [0.4, 0.5) is 0 Å². The van der Waals surface area contributed by atoms with Gasteiger partial charge in [0.25, 0.3) is 0 Å². The molecule has 1 aliphatic carbocycles. The number of nitrogens with two attached hydrogens (primary N) is 1. The zero-order valence-electron chi connectivity index (χ0n) is 9.10. The zero-order chi connectivity index (χ0) is 11.0. The quantitative estimate of drug-likeness (QED) is 0.850. The highest BCUT2D eigenvalue weighted by molar-refractivity contribution is 7.15. The second-order valence-corrected chi connectivity index (χ2v) is 5.55. The van der Waals surface area contributed by atoms with Gasteiger partial charge in [0.15, 0.2) is 0 Å². The molecule has 1 nitrogen and oxygen atoms in total. The maximum absolute atomic E-state index is 6.20. The number of rotatable bonds is 3. The van der Waals surface area contributed by atoms with E-state index in [-0.39, 0.29) is 6.04 Å². The van der Waals surface area contributed by atoms with Crippen molar-refractivity contribution in [1.29, 1.82) is 0 Å². The molecule has 0 saturated heterocycles. The lowest BCUT2D eigenvalue weighted by molar-refractivity contribution is 0.645. The minimum absolute atomic E-state index is 0.266. The molecule has 0 bridgehead atoms. The van der Waals surface area contributed by atoms with Crippen molar-refractivity contribution < 1.29 is 0 Å². The Bertz CT molecular complexity index is 470. The lowest BCUT2D eigenvalue weighted by Crippen LogP contribution is -2.10. The molecule has 2 heteroatoms. The standard InChI is InChI=1S/C14H15NS/c15-14(11-6-7-11)13-9-8-12(16-13)10-4-2-1-3-5-10/h1-5,8-9,11,14H,6-7,15H2. The first kappa shape index (κ1) is 10.1. The van der Waals surface area contributed by atoms with Crippen LogP contribution in [0.2, 0.25) is 0 Å². The van der Waals surface area contributed by atoms with Gasteiger partial charge < -0.3 is 5.73 Å². The van der Waals surface area contributed by atoms with E-state index in [2.05, 4.69) is 36.4 Å². The highest BCUT2D eigenvalue weighted by Crippen LogP contribution is 2.42. The van der Waals surface area contributed by atoms with E-state index in [9.17, 15) is 0 Å². The average Bonchev–Trinajstić information content (AvgIpc) is 3.07. The second kappa shape index (κ2) is 4.04. The minimum Gasteiger partial charge on any atom is -0.323 e. The summed E-state index contributed by atoms with van der Waals surface area (Å²) < 4.78 is 0. The lowest BCUT2D eigenvalue weighted by atomic mass is 10.1. The third-order valence-corrected chi connectivity index (χ3v) is 4.38. The molecular formula is C14H15NS. The number of thiophene rings is 1. The van der Waals surface area contributed by atoms with Gasteiger partial charge in [0.1, 0.15) is 0 Å². The summed E-state index contributed by atoms with van der Waals surface area (Å²) in [5, 5.41) is 0. The monoisotopic (exact) mass is 229 g/mol. The summed E-state index contributed by atoms with van der Waals surface area (Å²) in [6, 6.07) is 15.2. The van der Waals surface area contributed by atoms with Crippen LogP contribution < -0.4 is 5.73 Å². The largest absolute Gasteiger partial charge is 0.323 e. The molecule has 0 radical (unpaired) electrons. The predicted molar refractivity (Wildman–Crippen MR) is 69.4 cm³/mol.